The Kier molecular flexibility index (Phi) is 5.58. The van der Waals surface area contributed by atoms with Crippen molar-refractivity contribution >= 4 is 0 Å². The number of aryl methyl sites for hydroxylation is 1. The number of pyridine rings is 1. The molecule has 1 aromatic rings. The summed E-state index contributed by atoms with van der Waals surface area (Å²) in [5, 5.41) is 3.45. The minimum Gasteiger partial charge on any atom is -0.379 e. The topological polar surface area (TPSA) is 37.4 Å². The van der Waals surface area contributed by atoms with Crippen molar-refractivity contribution in [3.8, 4) is 0 Å². The molecule has 1 aliphatic heterocycles. The van der Waals surface area contributed by atoms with Crippen LogP contribution in [0.3, 0.4) is 0 Å². The number of hydrogen-bond donors (Lipinski definition) is 1. The third-order valence-electron chi connectivity index (χ3n) is 3.18. The molecule has 0 radical (unpaired) electrons. The Bertz CT molecular complexity index is 351. The zero-order valence-corrected chi connectivity index (χ0v) is 11.2. The largest absolute Gasteiger partial charge is 0.379 e. The molecule has 4 nitrogen and oxygen atoms in total. The molecule has 0 amide bonds. The number of aromatic nitrogens is 1. The van der Waals surface area contributed by atoms with Crippen molar-refractivity contribution in [3.05, 3.63) is 29.6 Å². The molecule has 0 saturated carbocycles. The van der Waals surface area contributed by atoms with Crippen molar-refractivity contribution in [2.75, 3.05) is 39.4 Å². The molecule has 4 heteroatoms. The second kappa shape index (κ2) is 7.46. The Morgan fingerprint density at radius 3 is 2.94 bits per heavy atom. The Morgan fingerprint density at radius 1 is 1.33 bits per heavy atom. The van der Waals surface area contributed by atoms with Crippen LogP contribution in [0.4, 0.5) is 0 Å². The Morgan fingerprint density at radius 2 is 2.17 bits per heavy atom. The van der Waals surface area contributed by atoms with Crippen LogP contribution in [0, 0.1) is 6.92 Å². The smallest absolute Gasteiger partial charge is 0.0594 e. The highest BCUT2D eigenvalue weighted by Gasteiger charge is 2.08. The molecule has 0 aromatic carbocycles. The number of hydrogen-bond acceptors (Lipinski definition) is 4. The van der Waals surface area contributed by atoms with Crippen LogP contribution in [0.2, 0.25) is 0 Å². The van der Waals surface area contributed by atoms with E-state index in [1.165, 1.54) is 6.42 Å². The molecule has 100 valence electrons. The lowest BCUT2D eigenvalue weighted by Crippen LogP contribution is -2.37. The summed E-state index contributed by atoms with van der Waals surface area (Å²) < 4.78 is 5.33. The molecule has 1 N–H and O–H groups in total. The van der Waals surface area contributed by atoms with Crippen molar-refractivity contribution in [1.82, 2.24) is 15.2 Å². The molecule has 1 fully saturated rings. The van der Waals surface area contributed by atoms with Gasteiger partial charge in [-0.25, -0.2) is 0 Å². The van der Waals surface area contributed by atoms with Gasteiger partial charge in [-0.3, -0.25) is 9.88 Å². The van der Waals surface area contributed by atoms with Crippen LogP contribution < -0.4 is 5.32 Å². The molecule has 2 heterocycles. The Hall–Kier alpha value is -0.970. The predicted octanol–water partition coefficient (Wildman–Crippen LogP) is 1.20. The average molecular weight is 249 g/mol. The van der Waals surface area contributed by atoms with E-state index in [0.29, 0.717) is 0 Å². The normalized spacial score (nSPS) is 16.9. The van der Waals surface area contributed by atoms with E-state index in [0.717, 1.165) is 57.3 Å². The first-order valence-corrected chi connectivity index (χ1v) is 6.78. The number of morpholine rings is 1. The Labute approximate surface area is 109 Å². The lowest BCUT2D eigenvalue weighted by atomic mass is 10.3. The van der Waals surface area contributed by atoms with Gasteiger partial charge in [-0.15, -0.1) is 0 Å². The summed E-state index contributed by atoms with van der Waals surface area (Å²) in [6, 6.07) is 6.16. The molecule has 0 atom stereocenters. The molecule has 2 rings (SSSR count). The molecule has 1 aromatic heterocycles. The van der Waals surface area contributed by atoms with Crippen LogP contribution in [-0.4, -0.2) is 49.3 Å². The highest BCUT2D eigenvalue weighted by Crippen LogP contribution is 1.99. The Balaban J connectivity index is 1.55. The summed E-state index contributed by atoms with van der Waals surface area (Å²) in [5.74, 6) is 0. The van der Waals surface area contributed by atoms with Gasteiger partial charge in [0.2, 0.25) is 0 Å². The number of rotatable bonds is 6. The van der Waals surface area contributed by atoms with Gasteiger partial charge in [-0.1, -0.05) is 6.07 Å². The summed E-state index contributed by atoms with van der Waals surface area (Å²) in [5.41, 5.74) is 2.21. The van der Waals surface area contributed by atoms with Crippen LogP contribution >= 0.6 is 0 Å². The first-order valence-electron chi connectivity index (χ1n) is 6.78. The van der Waals surface area contributed by atoms with Gasteiger partial charge in [0.25, 0.3) is 0 Å². The van der Waals surface area contributed by atoms with Crippen LogP contribution in [0.25, 0.3) is 0 Å². The standard InChI is InChI=1S/C14H23N3O/c1-13-4-2-5-14(16-13)12-15-6-3-7-17-8-10-18-11-9-17/h2,4-5,15H,3,6-12H2,1H3. The second-order valence-electron chi connectivity index (χ2n) is 4.75. The first kappa shape index (κ1) is 13.5. The van der Waals surface area contributed by atoms with Crippen molar-refractivity contribution in [2.24, 2.45) is 0 Å². The minimum atomic E-state index is 0.866. The quantitative estimate of drug-likeness (QED) is 0.769. The van der Waals surface area contributed by atoms with Gasteiger partial charge in [0, 0.05) is 25.3 Å². The van der Waals surface area contributed by atoms with Gasteiger partial charge in [-0.05, 0) is 38.6 Å². The SMILES string of the molecule is Cc1cccc(CNCCCN2CCOCC2)n1. The van der Waals surface area contributed by atoms with E-state index >= 15 is 0 Å². The van der Waals surface area contributed by atoms with E-state index in [-0.39, 0.29) is 0 Å². The van der Waals surface area contributed by atoms with E-state index in [9.17, 15) is 0 Å². The maximum absolute atomic E-state index is 5.33. The van der Waals surface area contributed by atoms with Crippen molar-refractivity contribution < 1.29 is 4.74 Å². The molecular weight excluding hydrogens is 226 g/mol. The van der Waals surface area contributed by atoms with Crippen LogP contribution in [0.5, 0.6) is 0 Å². The zero-order valence-electron chi connectivity index (χ0n) is 11.2. The number of ether oxygens (including phenoxy) is 1. The zero-order chi connectivity index (χ0) is 12.6. The second-order valence-corrected chi connectivity index (χ2v) is 4.75. The molecule has 0 unspecified atom stereocenters. The lowest BCUT2D eigenvalue weighted by molar-refractivity contribution is 0.0374. The van der Waals surface area contributed by atoms with Crippen LogP contribution in [0.1, 0.15) is 17.8 Å². The predicted molar refractivity (Wildman–Crippen MR) is 72.6 cm³/mol. The van der Waals surface area contributed by atoms with E-state index < -0.39 is 0 Å². The van der Waals surface area contributed by atoms with Crippen LogP contribution in [0.15, 0.2) is 18.2 Å². The first-order chi connectivity index (χ1) is 8.84. The molecule has 1 aliphatic rings. The summed E-state index contributed by atoms with van der Waals surface area (Å²) in [6.45, 7) is 9.05. The van der Waals surface area contributed by atoms with Gasteiger partial charge < -0.3 is 10.1 Å². The molecular formula is C14H23N3O. The van der Waals surface area contributed by atoms with E-state index in [2.05, 4.69) is 27.3 Å². The van der Waals surface area contributed by atoms with Gasteiger partial charge in [0.15, 0.2) is 0 Å². The summed E-state index contributed by atoms with van der Waals surface area (Å²) >= 11 is 0. The van der Waals surface area contributed by atoms with Gasteiger partial charge in [-0.2, -0.15) is 0 Å². The molecule has 0 aliphatic carbocycles. The van der Waals surface area contributed by atoms with E-state index in [4.69, 9.17) is 4.74 Å². The fourth-order valence-electron chi connectivity index (χ4n) is 2.17. The third kappa shape index (κ3) is 4.72. The molecule has 1 saturated heterocycles. The van der Waals surface area contributed by atoms with Gasteiger partial charge in [0.05, 0.1) is 18.9 Å². The lowest BCUT2D eigenvalue weighted by Gasteiger charge is -2.26. The maximum atomic E-state index is 5.33. The van der Waals surface area contributed by atoms with Crippen molar-refractivity contribution in [1.29, 1.82) is 0 Å². The molecule has 18 heavy (non-hydrogen) atoms. The third-order valence-corrected chi connectivity index (χ3v) is 3.18. The number of nitrogens with one attached hydrogen (secondary N) is 1. The summed E-state index contributed by atoms with van der Waals surface area (Å²) in [6.07, 6.45) is 1.19. The van der Waals surface area contributed by atoms with E-state index in [1.54, 1.807) is 0 Å². The van der Waals surface area contributed by atoms with Crippen molar-refractivity contribution in [2.45, 2.75) is 19.9 Å². The highest BCUT2D eigenvalue weighted by molar-refractivity contribution is 5.09. The van der Waals surface area contributed by atoms with Gasteiger partial charge in [0.1, 0.15) is 0 Å². The molecule has 0 bridgehead atoms. The van der Waals surface area contributed by atoms with E-state index in [1.807, 2.05) is 13.0 Å². The highest BCUT2D eigenvalue weighted by atomic mass is 16.5. The monoisotopic (exact) mass is 249 g/mol. The van der Waals surface area contributed by atoms with Crippen LogP contribution in [-0.2, 0) is 11.3 Å². The molecule has 0 spiro atoms. The summed E-state index contributed by atoms with van der Waals surface area (Å²) in [7, 11) is 0. The van der Waals surface area contributed by atoms with Crippen molar-refractivity contribution in [3.63, 3.8) is 0 Å². The fourth-order valence-corrected chi connectivity index (χ4v) is 2.17. The summed E-state index contributed by atoms with van der Waals surface area (Å²) in [4.78, 5) is 6.94. The minimum absolute atomic E-state index is 0.866. The maximum Gasteiger partial charge on any atom is 0.0594 e. The average Bonchev–Trinajstić information content (AvgIpc) is 2.40. The fraction of sp³-hybridized carbons (Fsp3) is 0.643. The number of nitrogens with zero attached hydrogens (tertiary/aromatic N) is 2. The van der Waals surface area contributed by atoms with Gasteiger partial charge >= 0.3 is 0 Å².